The van der Waals surface area contributed by atoms with Crippen LogP contribution < -0.4 is 10.6 Å². The SMILES string of the molecule is Cc1ccc(NC(=O)c2cccc3c2NC(c2c(Cl)cccc2Cl)C2CC=CC32)cc1C. The van der Waals surface area contributed by atoms with Gasteiger partial charge in [-0.15, -0.1) is 0 Å². The molecule has 1 aliphatic carbocycles. The highest BCUT2D eigenvalue weighted by molar-refractivity contribution is 6.36. The van der Waals surface area contributed by atoms with Gasteiger partial charge in [0.25, 0.3) is 5.91 Å². The molecule has 3 atom stereocenters. The van der Waals surface area contributed by atoms with Gasteiger partial charge >= 0.3 is 0 Å². The Balaban J connectivity index is 1.55. The molecule has 1 amide bonds. The maximum Gasteiger partial charge on any atom is 0.257 e. The van der Waals surface area contributed by atoms with E-state index in [1.807, 2.05) is 55.5 Å². The summed E-state index contributed by atoms with van der Waals surface area (Å²) in [5, 5.41) is 8.00. The van der Waals surface area contributed by atoms with Gasteiger partial charge in [-0.05, 0) is 73.2 Å². The molecule has 3 aromatic rings. The van der Waals surface area contributed by atoms with E-state index in [-0.39, 0.29) is 23.8 Å². The summed E-state index contributed by atoms with van der Waals surface area (Å²) < 4.78 is 0. The number of amides is 1. The minimum Gasteiger partial charge on any atom is -0.377 e. The van der Waals surface area contributed by atoms with Crippen molar-refractivity contribution in [1.82, 2.24) is 0 Å². The Morgan fingerprint density at radius 2 is 1.75 bits per heavy atom. The van der Waals surface area contributed by atoms with Crippen LogP contribution in [0.15, 0.2) is 66.7 Å². The number of allylic oxidation sites excluding steroid dienone is 2. The highest BCUT2D eigenvalue weighted by atomic mass is 35.5. The number of benzene rings is 3. The quantitative estimate of drug-likeness (QED) is 0.391. The number of hydrogen-bond acceptors (Lipinski definition) is 2. The fraction of sp³-hybridized carbons (Fsp3) is 0.222. The molecule has 0 aromatic heterocycles. The van der Waals surface area contributed by atoms with Crippen LogP contribution in [0.1, 0.15) is 51.0 Å². The van der Waals surface area contributed by atoms with Crippen molar-refractivity contribution in [3.8, 4) is 0 Å². The van der Waals surface area contributed by atoms with E-state index >= 15 is 0 Å². The molecule has 2 N–H and O–H groups in total. The third-order valence-electron chi connectivity index (χ3n) is 6.72. The molecule has 1 aliphatic heterocycles. The first-order valence-corrected chi connectivity index (χ1v) is 11.6. The highest BCUT2D eigenvalue weighted by Crippen LogP contribution is 2.52. The number of hydrogen-bond donors (Lipinski definition) is 2. The first-order chi connectivity index (χ1) is 15.4. The second-order valence-electron chi connectivity index (χ2n) is 8.63. The molecule has 3 aromatic carbocycles. The number of anilines is 2. The maximum atomic E-state index is 13.3. The molecule has 2 aliphatic rings. The Hall–Kier alpha value is -2.75. The standard InChI is InChI=1S/C27H24Cl2N2O/c1-15-12-13-17(14-16(15)2)30-27(32)21-9-4-7-19-18-6-3-8-20(18)26(31-25(19)21)24-22(28)10-5-11-23(24)29/h3-7,9-14,18,20,26,31H,8H2,1-2H3,(H,30,32). The van der Waals surface area contributed by atoms with E-state index in [0.717, 1.165) is 34.5 Å². The van der Waals surface area contributed by atoms with Gasteiger partial charge < -0.3 is 10.6 Å². The van der Waals surface area contributed by atoms with Crippen molar-refractivity contribution < 1.29 is 4.79 Å². The minimum atomic E-state index is -0.137. The van der Waals surface area contributed by atoms with Crippen LogP contribution in [-0.2, 0) is 0 Å². The fourth-order valence-corrected chi connectivity index (χ4v) is 5.55. The van der Waals surface area contributed by atoms with Gasteiger partial charge in [0.05, 0.1) is 17.3 Å². The third kappa shape index (κ3) is 3.60. The molecule has 5 heteroatoms. The molecule has 1 heterocycles. The average Bonchev–Trinajstić information content (AvgIpc) is 3.26. The summed E-state index contributed by atoms with van der Waals surface area (Å²) >= 11 is 13.2. The van der Waals surface area contributed by atoms with Crippen molar-refractivity contribution >= 4 is 40.5 Å². The van der Waals surface area contributed by atoms with E-state index in [9.17, 15) is 4.79 Å². The van der Waals surface area contributed by atoms with Crippen molar-refractivity contribution in [1.29, 1.82) is 0 Å². The molecular formula is C27H24Cl2N2O. The van der Waals surface area contributed by atoms with Crippen LogP contribution in [0.3, 0.4) is 0 Å². The minimum absolute atomic E-state index is 0.0840. The summed E-state index contributed by atoms with van der Waals surface area (Å²) in [4.78, 5) is 13.3. The zero-order chi connectivity index (χ0) is 22.4. The van der Waals surface area contributed by atoms with Gasteiger partial charge in [0.2, 0.25) is 0 Å². The van der Waals surface area contributed by atoms with Crippen molar-refractivity contribution in [2.45, 2.75) is 32.2 Å². The largest absolute Gasteiger partial charge is 0.377 e. The first kappa shape index (κ1) is 21.1. The number of carbonyl (C=O) groups is 1. The maximum absolute atomic E-state index is 13.3. The number of halogens is 2. The van der Waals surface area contributed by atoms with E-state index in [1.165, 1.54) is 5.56 Å². The van der Waals surface area contributed by atoms with Crippen molar-refractivity contribution in [3.05, 3.63) is 105 Å². The highest BCUT2D eigenvalue weighted by Gasteiger charge is 2.40. The summed E-state index contributed by atoms with van der Waals surface area (Å²) in [5.41, 5.74) is 6.62. The molecule has 5 rings (SSSR count). The molecule has 0 spiro atoms. The summed E-state index contributed by atoms with van der Waals surface area (Å²) in [6.45, 7) is 4.10. The summed E-state index contributed by atoms with van der Waals surface area (Å²) in [5.74, 6) is 0.359. The Labute approximate surface area is 198 Å². The lowest BCUT2D eigenvalue weighted by molar-refractivity contribution is 0.102. The van der Waals surface area contributed by atoms with Gasteiger partial charge in [0, 0.05) is 27.2 Å². The van der Waals surface area contributed by atoms with E-state index in [4.69, 9.17) is 23.2 Å². The lowest BCUT2D eigenvalue weighted by Gasteiger charge is -2.39. The normalized spacial score (nSPS) is 20.9. The Kier molecular flexibility index (Phi) is 5.48. The monoisotopic (exact) mass is 462 g/mol. The number of para-hydroxylation sites is 1. The van der Waals surface area contributed by atoms with Crippen molar-refractivity contribution in [2.75, 3.05) is 10.6 Å². The van der Waals surface area contributed by atoms with E-state index in [2.05, 4.69) is 35.8 Å². The van der Waals surface area contributed by atoms with Crippen molar-refractivity contribution in [3.63, 3.8) is 0 Å². The zero-order valence-electron chi connectivity index (χ0n) is 18.0. The van der Waals surface area contributed by atoms with Crippen LogP contribution in [0.5, 0.6) is 0 Å². The molecule has 162 valence electrons. The van der Waals surface area contributed by atoms with Gasteiger partial charge in [-0.25, -0.2) is 0 Å². The van der Waals surface area contributed by atoms with E-state index < -0.39 is 0 Å². The van der Waals surface area contributed by atoms with Gasteiger partial charge in [0.15, 0.2) is 0 Å². The van der Waals surface area contributed by atoms with Gasteiger partial charge in [-0.3, -0.25) is 4.79 Å². The topological polar surface area (TPSA) is 41.1 Å². The van der Waals surface area contributed by atoms with Crippen LogP contribution in [0, 0.1) is 19.8 Å². The number of fused-ring (bicyclic) bond motifs is 3. The van der Waals surface area contributed by atoms with Crippen LogP contribution in [0.25, 0.3) is 0 Å². The zero-order valence-corrected chi connectivity index (χ0v) is 19.5. The Morgan fingerprint density at radius 3 is 2.50 bits per heavy atom. The molecule has 0 fully saturated rings. The molecule has 32 heavy (non-hydrogen) atoms. The van der Waals surface area contributed by atoms with Crippen LogP contribution in [0.4, 0.5) is 11.4 Å². The summed E-state index contributed by atoms with van der Waals surface area (Å²) in [6.07, 6.45) is 5.39. The molecule has 0 saturated carbocycles. The van der Waals surface area contributed by atoms with Gasteiger partial charge in [-0.2, -0.15) is 0 Å². The van der Waals surface area contributed by atoms with E-state index in [0.29, 0.717) is 15.6 Å². The molecule has 0 bridgehead atoms. The van der Waals surface area contributed by atoms with Gasteiger partial charge in [-0.1, -0.05) is 59.6 Å². The van der Waals surface area contributed by atoms with Gasteiger partial charge in [0.1, 0.15) is 0 Å². The second kappa shape index (κ2) is 8.31. The van der Waals surface area contributed by atoms with E-state index in [1.54, 1.807) is 0 Å². The predicted molar refractivity (Wildman–Crippen MR) is 133 cm³/mol. The average molecular weight is 463 g/mol. The Morgan fingerprint density at radius 1 is 1.00 bits per heavy atom. The Bertz CT molecular complexity index is 1230. The fourth-order valence-electron chi connectivity index (χ4n) is 4.92. The summed E-state index contributed by atoms with van der Waals surface area (Å²) in [6, 6.07) is 17.4. The number of carbonyl (C=O) groups excluding carboxylic acids is 1. The second-order valence-corrected chi connectivity index (χ2v) is 9.45. The molecule has 0 saturated heterocycles. The number of nitrogens with one attached hydrogen (secondary N) is 2. The van der Waals surface area contributed by atoms with Crippen LogP contribution in [-0.4, -0.2) is 5.91 Å². The summed E-state index contributed by atoms with van der Waals surface area (Å²) in [7, 11) is 0. The smallest absolute Gasteiger partial charge is 0.257 e. The molecule has 0 radical (unpaired) electrons. The number of rotatable bonds is 3. The third-order valence-corrected chi connectivity index (χ3v) is 7.38. The molecule has 3 unspecified atom stereocenters. The number of aryl methyl sites for hydroxylation is 2. The molecule has 3 nitrogen and oxygen atoms in total. The van der Waals surface area contributed by atoms with Crippen LogP contribution in [0.2, 0.25) is 10.0 Å². The predicted octanol–water partition coefficient (Wildman–Crippen LogP) is 7.69. The lowest BCUT2D eigenvalue weighted by atomic mass is 9.76. The lowest BCUT2D eigenvalue weighted by Crippen LogP contribution is -2.31. The van der Waals surface area contributed by atoms with Crippen LogP contribution >= 0.6 is 23.2 Å². The van der Waals surface area contributed by atoms with Crippen molar-refractivity contribution in [2.24, 2.45) is 5.92 Å². The first-order valence-electron chi connectivity index (χ1n) is 10.8. The molecular weight excluding hydrogens is 439 g/mol.